The molecule has 0 aromatic carbocycles. The van der Waals surface area contributed by atoms with E-state index in [4.69, 9.17) is 5.26 Å². The lowest BCUT2D eigenvalue weighted by molar-refractivity contribution is 0.129. The molecule has 0 amide bonds. The highest BCUT2D eigenvalue weighted by atomic mass is 32.2. The number of fused-ring (bicyclic) bond motifs is 1. The highest BCUT2D eigenvalue weighted by molar-refractivity contribution is 7.89. The van der Waals surface area contributed by atoms with E-state index in [0.29, 0.717) is 12.5 Å². The van der Waals surface area contributed by atoms with Crippen LogP contribution < -0.4 is 0 Å². The monoisotopic (exact) mass is 305 g/mol. The minimum atomic E-state index is -3.63. The van der Waals surface area contributed by atoms with Crippen molar-refractivity contribution in [1.29, 1.82) is 5.26 Å². The van der Waals surface area contributed by atoms with E-state index in [1.54, 1.807) is 10.4 Å². The van der Waals surface area contributed by atoms with Gasteiger partial charge in [-0.2, -0.15) is 9.57 Å². The van der Waals surface area contributed by atoms with Crippen LogP contribution in [0.5, 0.6) is 0 Å². The molecule has 2 unspecified atom stereocenters. The summed E-state index contributed by atoms with van der Waals surface area (Å²) in [4.78, 5) is 3.95. The van der Waals surface area contributed by atoms with E-state index in [2.05, 4.69) is 4.98 Å². The van der Waals surface area contributed by atoms with Gasteiger partial charge in [-0.3, -0.25) is 0 Å². The summed E-state index contributed by atoms with van der Waals surface area (Å²) in [6, 6.07) is 5.07. The summed E-state index contributed by atoms with van der Waals surface area (Å²) >= 11 is 0. The quantitative estimate of drug-likeness (QED) is 0.840. The maximum atomic E-state index is 13.0. The molecule has 21 heavy (non-hydrogen) atoms. The number of aromatic nitrogens is 1. The van der Waals surface area contributed by atoms with Crippen LogP contribution in [0.25, 0.3) is 0 Å². The molecule has 2 fully saturated rings. The molecule has 112 valence electrons. The second-order valence-corrected chi connectivity index (χ2v) is 7.69. The topological polar surface area (TPSA) is 74.1 Å². The largest absolute Gasteiger partial charge is 0.246 e. The van der Waals surface area contributed by atoms with Crippen molar-refractivity contribution in [3.05, 3.63) is 24.0 Å². The fraction of sp³-hybridized carbons (Fsp3) is 0.600. The predicted molar refractivity (Wildman–Crippen MR) is 77.8 cm³/mol. The van der Waals surface area contributed by atoms with Gasteiger partial charge in [0.25, 0.3) is 0 Å². The number of sulfonamides is 1. The molecule has 1 saturated carbocycles. The highest BCUT2D eigenvalue weighted by Gasteiger charge is 2.40. The van der Waals surface area contributed by atoms with Crippen molar-refractivity contribution in [2.24, 2.45) is 5.92 Å². The average Bonchev–Trinajstić information content (AvgIpc) is 2.54. The molecule has 1 aliphatic carbocycles. The van der Waals surface area contributed by atoms with E-state index in [-0.39, 0.29) is 16.6 Å². The van der Waals surface area contributed by atoms with Gasteiger partial charge in [0, 0.05) is 18.8 Å². The van der Waals surface area contributed by atoms with Crippen molar-refractivity contribution < 1.29 is 8.42 Å². The van der Waals surface area contributed by atoms with E-state index >= 15 is 0 Å². The van der Waals surface area contributed by atoms with E-state index in [0.717, 1.165) is 32.1 Å². The van der Waals surface area contributed by atoms with Crippen LogP contribution in [0.4, 0.5) is 0 Å². The van der Waals surface area contributed by atoms with E-state index in [9.17, 15) is 8.42 Å². The summed E-state index contributed by atoms with van der Waals surface area (Å²) < 4.78 is 27.6. The second kappa shape index (κ2) is 5.74. The number of piperidine rings is 1. The first kappa shape index (κ1) is 14.5. The van der Waals surface area contributed by atoms with Gasteiger partial charge in [-0.05, 0) is 43.7 Å². The summed E-state index contributed by atoms with van der Waals surface area (Å²) in [5.41, 5.74) is -0.00423. The van der Waals surface area contributed by atoms with E-state index in [1.807, 2.05) is 6.07 Å². The molecular formula is C15H19N3O2S. The van der Waals surface area contributed by atoms with Crippen molar-refractivity contribution in [3.8, 4) is 6.07 Å². The Hall–Kier alpha value is -1.45. The smallest absolute Gasteiger partial charge is 0.244 e. The van der Waals surface area contributed by atoms with Gasteiger partial charge in [-0.25, -0.2) is 13.4 Å². The molecule has 2 atom stereocenters. The Labute approximate surface area is 125 Å². The molecule has 6 heteroatoms. The Morgan fingerprint density at radius 1 is 1.24 bits per heavy atom. The maximum Gasteiger partial charge on any atom is 0.246 e. The number of rotatable bonds is 2. The Morgan fingerprint density at radius 2 is 2.00 bits per heavy atom. The van der Waals surface area contributed by atoms with Crippen LogP contribution >= 0.6 is 0 Å². The molecule has 5 nitrogen and oxygen atoms in total. The van der Waals surface area contributed by atoms with Gasteiger partial charge in [0.2, 0.25) is 10.0 Å². The molecule has 0 spiro atoms. The van der Waals surface area contributed by atoms with E-state index < -0.39 is 10.0 Å². The van der Waals surface area contributed by atoms with Crippen LogP contribution in [0, 0.1) is 17.2 Å². The second-order valence-electron chi connectivity index (χ2n) is 5.83. The van der Waals surface area contributed by atoms with E-state index in [1.165, 1.54) is 18.7 Å². The zero-order chi connectivity index (χ0) is 14.9. The van der Waals surface area contributed by atoms with Gasteiger partial charge in [0.05, 0.1) is 0 Å². The third-order valence-electron chi connectivity index (χ3n) is 4.66. The molecule has 2 aliphatic rings. The summed E-state index contributed by atoms with van der Waals surface area (Å²) in [5, 5.41) is 9.12. The van der Waals surface area contributed by atoms with Crippen molar-refractivity contribution >= 4 is 10.0 Å². The van der Waals surface area contributed by atoms with Gasteiger partial charge in [-0.15, -0.1) is 0 Å². The molecule has 1 aromatic rings. The Kier molecular flexibility index (Phi) is 3.96. The van der Waals surface area contributed by atoms with Crippen LogP contribution in [0.15, 0.2) is 23.2 Å². The molecule has 1 saturated heterocycles. The predicted octanol–water partition coefficient (Wildman–Crippen LogP) is 2.30. The minimum Gasteiger partial charge on any atom is -0.244 e. The fourth-order valence-corrected chi connectivity index (χ4v) is 5.54. The molecule has 3 rings (SSSR count). The first-order valence-corrected chi connectivity index (χ1v) is 8.95. The van der Waals surface area contributed by atoms with Crippen molar-refractivity contribution in [3.63, 3.8) is 0 Å². The standard InChI is InChI=1S/C15H19N3O2S/c16-11-13-15(8-3-9-17-13)21(19,20)18-10-4-6-12-5-1-2-7-14(12)18/h3,8-9,12,14H,1-2,4-7,10H2. The minimum absolute atomic E-state index is 0.00423. The van der Waals surface area contributed by atoms with Crippen LogP contribution in [0.3, 0.4) is 0 Å². The summed E-state index contributed by atoms with van der Waals surface area (Å²) in [7, 11) is -3.63. The van der Waals surface area contributed by atoms with Crippen LogP contribution in [-0.4, -0.2) is 30.3 Å². The lowest BCUT2D eigenvalue weighted by Gasteiger charge is -2.43. The van der Waals surface area contributed by atoms with Crippen LogP contribution in [0.2, 0.25) is 0 Å². The van der Waals surface area contributed by atoms with Gasteiger partial charge < -0.3 is 0 Å². The van der Waals surface area contributed by atoms with Crippen molar-refractivity contribution in [2.45, 2.75) is 49.5 Å². The Balaban J connectivity index is 1.99. The number of hydrogen-bond acceptors (Lipinski definition) is 4. The molecule has 0 bridgehead atoms. The fourth-order valence-electron chi connectivity index (χ4n) is 3.69. The Bertz CT molecular complexity index is 664. The molecule has 2 heterocycles. The number of nitrogens with zero attached hydrogens (tertiary/aromatic N) is 3. The Morgan fingerprint density at radius 3 is 2.81 bits per heavy atom. The molecular weight excluding hydrogens is 286 g/mol. The number of hydrogen-bond donors (Lipinski definition) is 0. The normalized spacial score (nSPS) is 26.8. The summed E-state index contributed by atoms with van der Waals surface area (Å²) in [5.74, 6) is 0.476. The third-order valence-corrected chi connectivity index (χ3v) is 6.61. The zero-order valence-electron chi connectivity index (χ0n) is 11.9. The molecule has 1 aliphatic heterocycles. The zero-order valence-corrected chi connectivity index (χ0v) is 12.7. The van der Waals surface area contributed by atoms with Crippen molar-refractivity contribution in [2.75, 3.05) is 6.54 Å². The third kappa shape index (κ3) is 2.56. The summed E-state index contributed by atoms with van der Waals surface area (Å²) in [6.45, 7) is 0.559. The number of pyridine rings is 1. The summed E-state index contributed by atoms with van der Waals surface area (Å²) in [6.07, 6.45) is 7.83. The lowest BCUT2D eigenvalue weighted by Crippen LogP contribution is -2.49. The molecule has 0 N–H and O–H groups in total. The van der Waals surface area contributed by atoms with Gasteiger partial charge >= 0.3 is 0 Å². The van der Waals surface area contributed by atoms with Crippen LogP contribution in [0.1, 0.15) is 44.2 Å². The van der Waals surface area contributed by atoms with Gasteiger partial charge in [0.1, 0.15) is 11.0 Å². The van der Waals surface area contributed by atoms with Crippen LogP contribution in [-0.2, 0) is 10.0 Å². The van der Waals surface area contributed by atoms with Gasteiger partial charge in [-0.1, -0.05) is 12.8 Å². The lowest BCUT2D eigenvalue weighted by atomic mass is 9.79. The average molecular weight is 305 g/mol. The molecule has 1 aromatic heterocycles. The highest BCUT2D eigenvalue weighted by Crippen LogP contribution is 2.38. The maximum absolute atomic E-state index is 13.0. The first-order chi connectivity index (χ1) is 10.1. The first-order valence-electron chi connectivity index (χ1n) is 7.51. The molecule has 0 radical (unpaired) electrons. The SMILES string of the molecule is N#Cc1ncccc1S(=O)(=O)N1CCCC2CCCCC21. The van der Waals surface area contributed by atoms with Crippen molar-refractivity contribution in [1.82, 2.24) is 9.29 Å². The number of nitriles is 1. The van der Waals surface area contributed by atoms with Gasteiger partial charge in [0.15, 0.2) is 5.69 Å².